The van der Waals surface area contributed by atoms with Gasteiger partial charge in [0.05, 0.1) is 6.61 Å². The summed E-state index contributed by atoms with van der Waals surface area (Å²) in [5, 5.41) is 11.6. The van der Waals surface area contributed by atoms with Crippen molar-refractivity contribution in [2.24, 2.45) is 5.92 Å². The smallest absolute Gasteiger partial charge is 0.303 e. The number of amides is 1. The van der Waals surface area contributed by atoms with Crippen LogP contribution in [0.15, 0.2) is 54.6 Å². The van der Waals surface area contributed by atoms with E-state index in [9.17, 15) is 9.59 Å². The first-order valence-corrected chi connectivity index (χ1v) is 8.34. The van der Waals surface area contributed by atoms with E-state index >= 15 is 0 Å². The molecule has 2 aromatic rings. The quantitative estimate of drug-likeness (QED) is 0.728. The summed E-state index contributed by atoms with van der Waals surface area (Å²) in [4.78, 5) is 22.8. The van der Waals surface area contributed by atoms with E-state index in [2.05, 4.69) is 5.32 Å². The number of carboxylic acids is 1. The van der Waals surface area contributed by atoms with Crippen molar-refractivity contribution in [3.05, 3.63) is 60.2 Å². The maximum absolute atomic E-state index is 12.2. The molecule has 0 bridgehead atoms. The Morgan fingerprint density at radius 3 is 2.40 bits per heavy atom. The summed E-state index contributed by atoms with van der Waals surface area (Å²) >= 11 is 0. The Balaban J connectivity index is 1.75. The third-order valence-electron chi connectivity index (χ3n) is 3.86. The maximum atomic E-state index is 12.2. The lowest BCUT2D eigenvalue weighted by Crippen LogP contribution is -2.22. The average Bonchev–Trinajstić information content (AvgIpc) is 2.62. The minimum atomic E-state index is -0.816. The first kappa shape index (κ1) is 18.5. The summed E-state index contributed by atoms with van der Waals surface area (Å²) in [5.74, 6) is -0.249. The number of hydrogen-bond acceptors (Lipinski definition) is 3. The van der Waals surface area contributed by atoms with Crippen LogP contribution in [0.5, 0.6) is 5.75 Å². The van der Waals surface area contributed by atoms with Crippen LogP contribution in [0.3, 0.4) is 0 Å². The van der Waals surface area contributed by atoms with Gasteiger partial charge < -0.3 is 15.2 Å². The van der Waals surface area contributed by atoms with Crippen LogP contribution in [0.1, 0.15) is 25.3 Å². The van der Waals surface area contributed by atoms with Crippen molar-refractivity contribution in [1.82, 2.24) is 0 Å². The number of hydrogen-bond donors (Lipinski definition) is 2. The number of rotatable bonds is 9. The van der Waals surface area contributed by atoms with Gasteiger partial charge in [0.25, 0.3) is 0 Å². The first-order valence-electron chi connectivity index (χ1n) is 8.34. The molecule has 0 aliphatic rings. The number of aryl methyl sites for hydroxylation is 1. The molecular weight excluding hydrogens is 318 g/mol. The number of benzene rings is 2. The number of para-hydroxylation sites is 1. The highest BCUT2D eigenvalue weighted by Gasteiger charge is 2.13. The molecule has 1 atom stereocenters. The molecule has 25 heavy (non-hydrogen) atoms. The van der Waals surface area contributed by atoms with Crippen LogP contribution in [0, 0.1) is 5.92 Å². The lowest BCUT2D eigenvalue weighted by Gasteiger charge is -2.13. The highest BCUT2D eigenvalue weighted by atomic mass is 16.5. The van der Waals surface area contributed by atoms with Gasteiger partial charge in [0.2, 0.25) is 5.91 Å². The summed E-state index contributed by atoms with van der Waals surface area (Å²) in [7, 11) is 0. The second-order valence-corrected chi connectivity index (χ2v) is 5.93. The van der Waals surface area contributed by atoms with Gasteiger partial charge in [-0.1, -0.05) is 37.3 Å². The molecule has 0 spiro atoms. The SMILES string of the molecule is CC(CCOc1ccccc1)C(=O)Nc1ccc(CCC(=O)O)cc1. The number of nitrogens with one attached hydrogen (secondary N) is 1. The molecular formula is C20H23NO4. The fourth-order valence-electron chi connectivity index (χ4n) is 2.27. The van der Waals surface area contributed by atoms with Gasteiger partial charge in [-0.05, 0) is 42.7 Å². The van der Waals surface area contributed by atoms with E-state index in [1.54, 1.807) is 12.1 Å². The Hall–Kier alpha value is -2.82. The normalized spacial score (nSPS) is 11.6. The van der Waals surface area contributed by atoms with Crippen molar-refractivity contribution in [1.29, 1.82) is 0 Å². The fourth-order valence-corrected chi connectivity index (χ4v) is 2.27. The van der Waals surface area contributed by atoms with Crippen LogP contribution in [0.25, 0.3) is 0 Å². The van der Waals surface area contributed by atoms with E-state index in [0.717, 1.165) is 11.3 Å². The van der Waals surface area contributed by atoms with Crippen molar-refractivity contribution in [3.8, 4) is 5.75 Å². The molecule has 0 aliphatic heterocycles. The third-order valence-corrected chi connectivity index (χ3v) is 3.86. The number of carbonyl (C=O) groups excluding carboxylic acids is 1. The van der Waals surface area contributed by atoms with Crippen LogP contribution in [-0.2, 0) is 16.0 Å². The lowest BCUT2D eigenvalue weighted by molar-refractivity contribution is -0.137. The van der Waals surface area contributed by atoms with Crippen molar-refractivity contribution >= 4 is 17.6 Å². The average molecular weight is 341 g/mol. The number of anilines is 1. The molecule has 0 fully saturated rings. The van der Waals surface area contributed by atoms with Crippen LogP contribution >= 0.6 is 0 Å². The zero-order chi connectivity index (χ0) is 18.1. The molecule has 2 rings (SSSR count). The summed E-state index contributed by atoms with van der Waals surface area (Å²) < 4.78 is 5.61. The fraction of sp³-hybridized carbons (Fsp3) is 0.300. The van der Waals surface area contributed by atoms with Crippen molar-refractivity contribution < 1.29 is 19.4 Å². The topological polar surface area (TPSA) is 75.6 Å². The summed E-state index contributed by atoms with van der Waals surface area (Å²) in [6.07, 6.45) is 1.21. The molecule has 0 saturated heterocycles. The predicted molar refractivity (Wildman–Crippen MR) is 96.7 cm³/mol. The Morgan fingerprint density at radius 1 is 1.08 bits per heavy atom. The van der Waals surface area contributed by atoms with Gasteiger partial charge in [-0.2, -0.15) is 0 Å². The van der Waals surface area contributed by atoms with Crippen LogP contribution in [0.2, 0.25) is 0 Å². The van der Waals surface area contributed by atoms with Gasteiger partial charge in [0.15, 0.2) is 0 Å². The molecule has 5 nitrogen and oxygen atoms in total. The van der Waals surface area contributed by atoms with E-state index in [-0.39, 0.29) is 18.2 Å². The Bertz CT molecular complexity index is 683. The second kappa shape index (κ2) is 9.47. The van der Waals surface area contributed by atoms with E-state index in [1.165, 1.54) is 0 Å². The Morgan fingerprint density at radius 2 is 1.76 bits per heavy atom. The molecule has 132 valence electrons. The molecule has 1 unspecified atom stereocenters. The molecule has 0 saturated carbocycles. The van der Waals surface area contributed by atoms with Crippen LogP contribution < -0.4 is 10.1 Å². The number of ether oxygens (including phenoxy) is 1. The van der Waals surface area contributed by atoms with Gasteiger partial charge in [0.1, 0.15) is 5.75 Å². The minimum Gasteiger partial charge on any atom is -0.494 e. The van der Waals surface area contributed by atoms with E-state index < -0.39 is 5.97 Å². The zero-order valence-corrected chi connectivity index (χ0v) is 14.3. The molecule has 2 aromatic carbocycles. The van der Waals surface area contributed by atoms with Crippen LogP contribution in [-0.4, -0.2) is 23.6 Å². The van der Waals surface area contributed by atoms with Gasteiger partial charge in [-0.25, -0.2) is 0 Å². The summed E-state index contributed by atoms with van der Waals surface area (Å²) in [6.45, 7) is 2.34. The molecule has 0 aliphatic carbocycles. The van der Waals surface area contributed by atoms with Crippen molar-refractivity contribution in [3.63, 3.8) is 0 Å². The van der Waals surface area contributed by atoms with Crippen molar-refractivity contribution in [2.75, 3.05) is 11.9 Å². The molecule has 1 amide bonds. The highest BCUT2D eigenvalue weighted by molar-refractivity contribution is 5.92. The number of carbonyl (C=O) groups is 2. The van der Waals surface area contributed by atoms with Gasteiger partial charge in [-0.15, -0.1) is 0 Å². The number of aliphatic carboxylic acids is 1. The monoisotopic (exact) mass is 341 g/mol. The lowest BCUT2D eigenvalue weighted by atomic mass is 10.1. The second-order valence-electron chi connectivity index (χ2n) is 5.93. The summed E-state index contributed by atoms with van der Waals surface area (Å²) in [6, 6.07) is 16.8. The first-order chi connectivity index (χ1) is 12.0. The van der Waals surface area contributed by atoms with E-state index in [0.29, 0.717) is 25.1 Å². The van der Waals surface area contributed by atoms with Crippen molar-refractivity contribution in [2.45, 2.75) is 26.2 Å². The van der Waals surface area contributed by atoms with Gasteiger partial charge in [-0.3, -0.25) is 9.59 Å². The highest BCUT2D eigenvalue weighted by Crippen LogP contribution is 2.14. The zero-order valence-electron chi connectivity index (χ0n) is 14.3. The predicted octanol–water partition coefficient (Wildman–Crippen LogP) is 3.75. The third kappa shape index (κ3) is 6.67. The van der Waals surface area contributed by atoms with E-state index in [4.69, 9.17) is 9.84 Å². The molecule has 0 aromatic heterocycles. The molecule has 2 N–H and O–H groups in total. The molecule has 0 radical (unpaired) electrons. The van der Waals surface area contributed by atoms with Crippen LogP contribution in [0.4, 0.5) is 5.69 Å². The largest absolute Gasteiger partial charge is 0.494 e. The number of carboxylic acid groups (broad SMARTS) is 1. The Labute approximate surface area is 147 Å². The van der Waals surface area contributed by atoms with E-state index in [1.807, 2.05) is 49.4 Å². The standard InChI is InChI=1S/C20H23NO4/c1-15(13-14-25-18-5-3-2-4-6-18)20(24)21-17-10-7-16(8-11-17)9-12-19(22)23/h2-8,10-11,15H,9,12-14H2,1H3,(H,21,24)(H,22,23). The van der Waals surface area contributed by atoms with Gasteiger partial charge in [0, 0.05) is 18.0 Å². The maximum Gasteiger partial charge on any atom is 0.303 e. The molecule has 0 heterocycles. The summed E-state index contributed by atoms with van der Waals surface area (Å²) in [5.41, 5.74) is 1.64. The van der Waals surface area contributed by atoms with Gasteiger partial charge >= 0.3 is 5.97 Å². The molecule has 5 heteroatoms. The minimum absolute atomic E-state index is 0.0602. The Kier molecular flexibility index (Phi) is 7.01.